The summed E-state index contributed by atoms with van der Waals surface area (Å²) >= 11 is 3.51. The molecule has 1 aromatic heterocycles. The molecule has 21 heavy (non-hydrogen) atoms. The summed E-state index contributed by atoms with van der Waals surface area (Å²) in [6.45, 7) is 4.73. The summed E-state index contributed by atoms with van der Waals surface area (Å²) in [5.74, 6) is 1.36. The maximum Gasteiger partial charge on any atom is 0.184 e. The number of hydrogen-bond donors (Lipinski definition) is 1. The Morgan fingerprint density at radius 1 is 1.14 bits per heavy atom. The molecule has 1 N–H and O–H groups in total. The molecule has 0 aliphatic rings. The van der Waals surface area contributed by atoms with Crippen LogP contribution in [0.2, 0.25) is 0 Å². The van der Waals surface area contributed by atoms with E-state index in [1.54, 1.807) is 26.5 Å². The van der Waals surface area contributed by atoms with Crippen molar-refractivity contribution in [3.8, 4) is 11.5 Å². The number of pyridine rings is 1. The summed E-state index contributed by atoms with van der Waals surface area (Å²) in [7, 11) is 3.25. The summed E-state index contributed by atoms with van der Waals surface area (Å²) in [6, 6.07) is 5.97. The van der Waals surface area contributed by atoms with Crippen molar-refractivity contribution in [2.24, 2.45) is 0 Å². The standard InChI is InChI=1S/C16H19BrN2O2/c1-10-7-12(17)8-11(2)15(10)19-9-13-16(21-4)14(20-3)5-6-18-13/h5-8,19H,9H2,1-4H3. The van der Waals surface area contributed by atoms with Crippen LogP contribution >= 0.6 is 15.9 Å². The van der Waals surface area contributed by atoms with Crippen LogP contribution in [0.25, 0.3) is 0 Å². The highest BCUT2D eigenvalue weighted by atomic mass is 79.9. The molecule has 0 atom stereocenters. The highest BCUT2D eigenvalue weighted by molar-refractivity contribution is 9.10. The zero-order chi connectivity index (χ0) is 15.4. The smallest absolute Gasteiger partial charge is 0.184 e. The van der Waals surface area contributed by atoms with Gasteiger partial charge in [-0.3, -0.25) is 4.98 Å². The van der Waals surface area contributed by atoms with Crippen molar-refractivity contribution in [3.63, 3.8) is 0 Å². The molecule has 0 amide bonds. The van der Waals surface area contributed by atoms with Crippen LogP contribution in [0.1, 0.15) is 16.8 Å². The Morgan fingerprint density at radius 2 is 1.81 bits per heavy atom. The Morgan fingerprint density at radius 3 is 2.38 bits per heavy atom. The van der Waals surface area contributed by atoms with Crippen LogP contribution < -0.4 is 14.8 Å². The van der Waals surface area contributed by atoms with Crippen molar-refractivity contribution < 1.29 is 9.47 Å². The molecule has 0 aliphatic carbocycles. The molecule has 112 valence electrons. The number of rotatable bonds is 5. The second-order valence-electron chi connectivity index (χ2n) is 4.76. The van der Waals surface area contributed by atoms with Crippen LogP contribution in [0.15, 0.2) is 28.9 Å². The summed E-state index contributed by atoms with van der Waals surface area (Å²) in [6.07, 6.45) is 1.72. The second-order valence-corrected chi connectivity index (χ2v) is 5.68. The van der Waals surface area contributed by atoms with Crippen molar-refractivity contribution >= 4 is 21.6 Å². The first-order valence-electron chi connectivity index (χ1n) is 6.63. The first-order chi connectivity index (χ1) is 10.1. The third kappa shape index (κ3) is 3.47. The van der Waals surface area contributed by atoms with E-state index in [-0.39, 0.29) is 0 Å². The highest BCUT2D eigenvalue weighted by Gasteiger charge is 2.12. The number of halogens is 1. The van der Waals surface area contributed by atoms with Gasteiger partial charge in [0.25, 0.3) is 0 Å². The first-order valence-corrected chi connectivity index (χ1v) is 7.42. The van der Waals surface area contributed by atoms with Gasteiger partial charge in [0, 0.05) is 22.4 Å². The minimum absolute atomic E-state index is 0.573. The topological polar surface area (TPSA) is 43.4 Å². The maximum absolute atomic E-state index is 5.40. The fourth-order valence-corrected chi connectivity index (χ4v) is 3.02. The fourth-order valence-electron chi connectivity index (χ4n) is 2.34. The van der Waals surface area contributed by atoms with E-state index < -0.39 is 0 Å². The number of ether oxygens (including phenoxy) is 2. The van der Waals surface area contributed by atoms with E-state index in [2.05, 4.69) is 52.2 Å². The average Bonchev–Trinajstić information content (AvgIpc) is 2.45. The normalized spacial score (nSPS) is 10.3. The Hall–Kier alpha value is -1.75. The molecule has 0 radical (unpaired) electrons. The molecule has 0 bridgehead atoms. The van der Waals surface area contributed by atoms with E-state index in [0.717, 1.165) is 15.9 Å². The van der Waals surface area contributed by atoms with Gasteiger partial charge in [0.05, 0.1) is 20.8 Å². The van der Waals surface area contributed by atoms with Crippen molar-refractivity contribution in [2.45, 2.75) is 20.4 Å². The fraction of sp³-hybridized carbons (Fsp3) is 0.312. The molecule has 1 aromatic carbocycles. The number of nitrogens with zero attached hydrogens (tertiary/aromatic N) is 1. The lowest BCUT2D eigenvalue weighted by atomic mass is 10.1. The highest BCUT2D eigenvalue weighted by Crippen LogP contribution is 2.30. The summed E-state index contributed by atoms with van der Waals surface area (Å²) in [5.41, 5.74) is 4.30. The molecule has 5 heteroatoms. The second kappa shape index (κ2) is 6.80. The van der Waals surface area contributed by atoms with Crippen LogP contribution in [-0.2, 0) is 6.54 Å². The minimum Gasteiger partial charge on any atom is -0.493 e. The van der Waals surface area contributed by atoms with Gasteiger partial charge in [0.1, 0.15) is 5.69 Å². The van der Waals surface area contributed by atoms with Gasteiger partial charge < -0.3 is 14.8 Å². The Bertz CT molecular complexity index is 621. The maximum atomic E-state index is 5.40. The Kier molecular flexibility index (Phi) is 5.07. The molecule has 0 spiro atoms. The Balaban J connectivity index is 2.25. The van der Waals surface area contributed by atoms with E-state index in [0.29, 0.717) is 18.0 Å². The van der Waals surface area contributed by atoms with Crippen LogP contribution in [0, 0.1) is 13.8 Å². The van der Waals surface area contributed by atoms with E-state index in [1.807, 2.05) is 0 Å². The lowest BCUT2D eigenvalue weighted by molar-refractivity contribution is 0.350. The summed E-state index contributed by atoms with van der Waals surface area (Å²) in [5, 5.41) is 3.43. The number of nitrogens with one attached hydrogen (secondary N) is 1. The van der Waals surface area contributed by atoms with Crippen LogP contribution in [0.3, 0.4) is 0 Å². The molecule has 4 nitrogen and oxygen atoms in total. The van der Waals surface area contributed by atoms with Gasteiger partial charge >= 0.3 is 0 Å². The molecule has 0 saturated carbocycles. The Labute approximate surface area is 133 Å². The van der Waals surface area contributed by atoms with E-state index in [9.17, 15) is 0 Å². The number of aromatic nitrogens is 1. The minimum atomic E-state index is 0.573. The van der Waals surface area contributed by atoms with Gasteiger partial charge in [0.2, 0.25) is 0 Å². The van der Waals surface area contributed by atoms with Gasteiger partial charge in [-0.15, -0.1) is 0 Å². The van der Waals surface area contributed by atoms with E-state index >= 15 is 0 Å². The zero-order valence-electron chi connectivity index (χ0n) is 12.7. The zero-order valence-corrected chi connectivity index (χ0v) is 14.2. The molecular weight excluding hydrogens is 332 g/mol. The van der Waals surface area contributed by atoms with E-state index in [4.69, 9.17) is 9.47 Å². The predicted octanol–water partition coefficient (Wildman–Crippen LogP) is 4.09. The van der Waals surface area contributed by atoms with Crippen molar-refractivity contribution in [1.29, 1.82) is 0 Å². The number of aryl methyl sites for hydroxylation is 2. The number of anilines is 1. The lowest BCUT2D eigenvalue weighted by Crippen LogP contribution is -2.07. The van der Waals surface area contributed by atoms with Crippen LogP contribution in [0.4, 0.5) is 5.69 Å². The molecule has 0 saturated heterocycles. The van der Waals surface area contributed by atoms with Crippen LogP contribution in [0.5, 0.6) is 11.5 Å². The van der Waals surface area contributed by atoms with Gasteiger partial charge in [-0.05, 0) is 37.1 Å². The van der Waals surface area contributed by atoms with Gasteiger partial charge in [-0.2, -0.15) is 0 Å². The van der Waals surface area contributed by atoms with Crippen molar-refractivity contribution in [3.05, 3.63) is 45.7 Å². The number of methoxy groups -OCH3 is 2. The predicted molar refractivity (Wildman–Crippen MR) is 88.3 cm³/mol. The molecule has 0 fully saturated rings. The molecule has 2 rings (SSSR count). The number of hydrogen-bond acceptors (Lipinski definition) is 4. The first kappa shape index (κ1) is 15.6. The molecule has 0 unspecified atom stereocenters. The van der Waals surface area contributed by atoms with Crippen LogP contribution in [-0.4, -0.2) is 19.2 Å². The largest absolute Gasteiger partial charge is 0.493 e. The van der Waals surface area contributed by atoms with Gasteiger partial charge in [-0.25, -0.2) is 0 Å². The monoisotopic (exact) mass is 350 g/mol. The summed E-state index contributed by atoms with van der Waals surface area (Å²) < 4.78 is 11.8. The molecular formula is C16H19BrN2O2. The lowest BCUT2D eigenvalue weighted by Gasteiger charge is -2.15. The molecule has 1 heterocycles. The third-order valence-electron chi connectivity index (χ3n) is 3.30. The summed E-state index contributed by atoms with van der Waals surface area (Å²) in [4.78, 5) is 4.37. The van der Waals surface area contributed by atoms with Gasteiger partial charge in [-0.1, -0.05) is 15.9 Å². The van der Waals surface area contributed by atoms with Gasteiger partial charge in [0.15, 0.2) is 11.5 Å². The van der Waals surface area contributed by atoms with Crippen molar-refractivity contribution in [1.82, 2.24) is 4.98 Å². The quantitative estimate of drug-likeness (QED) is 0.881. The molecule has 2 aromatic rings. The SMILES string of the molecule is COc1ccnc(CNc2c(C)cc(Br)cc2C)c1OC. The van der Waals surface area contributed by atoms with Crippen molar-refractivity contribution in [2.75, 3.05) is 19.5 Å². The third-order valence-corrected chi connectivity index (χ3v) is 3.75. The average molecular weight is 351 g/mol. The number of benzene rings is 1. The van der Waals surface area contributed by atoms with E-state index in [1.165, 1.54) is 11.1 Å². The molecule has 0 aliphatic heterocycles.